The Bertz CT molecular complexity index is 331. The fourth-order valence-electron chi connectivity index (χ4n) is 2.65. The Kier molecular flexibility index (Phi) is 5.25. The minimum atomic E-state index is 0.762. The molecule has 2 rings (SSSR count). The number of benzene rings is 1. The zero-order valence-corrected chi connectivity index (χ0v) is 12.4. The van der Waals surface area contributed by atoms with Gasteiger partial charge in [0.25, 0.3) is 0 Å². The average Bonchev–Trinajstić information content (AvgIpc) is 2.85. The van der Waals surface area contributed by atoms with Crippen LogP contribution in [0.15, 0.2) is 24.3 Å². The Labute approximate surface area is 118 Å². The van der Waals surface area contributed by atoms with Gasteiger partial charge >= 0.3 is 0 Å². The van der Waals surface area contributed by atoms with Crippen LogP contribution in [-0.2, 0) is 6.54 Å². The van der Waals surface area contributed by atoms with Gasteiger partial charge in [-0.1, -0.05) is 25.0 Å². The molecule has 1 aliphatic rings. The Morgan fingerprint density at radius 2 is 1.82 bits per heavy atom. The molecule has 0 spiro atoms. The van der Waals surface area contributed by atoms with Crippen LogP contribution in [0.25, 0.3) is 0 Å². The molecule has 0 amide bonds. The zero-order valence-electron chi connectivity index (χ0n) is 10.2. The standard InChI is InChI=1S/C14H21IN2/c15-13-7-5-12(6-8-13)11-17(10-9-16)14-3-1-2-4-14/h5-8,14H,1-4,9-11,16H2. The summed E-state index contributed by atoms with van der Waals surface area (Å²) < 4.78 is 1.30. The Morgan fingerprint density at radius 1 is 1.18 bits per heavy atom. The van der Waals surface area contributed by atoms with E-state index in [1.807, 2.05) is 0 Å². The van der Waals surface area contributed by atoms with E-state index in [1.165, 1.54) is 34.8 Å². The van der Waals surface area contributed by atoms with Gasteiger partial charge in [0.05, 0.1) is 0 Å². The van der Waals surface area contributed by atoms with Gasteiger partial charge in [-0.05, 0) is 53.1 Å². The molecule has 3 heteroatoms. The van der Waals surface area contributed by atoms with E-state index in [1.54, 1.807) is 0 Å². The number of hydrogen-bond donors (Lipinski definition) is 1. The van der Waals surface area contributed by atoms with Crippen molar-refractivity contribution in [2.45, 2.75) is 38.3 Å². The molecule has 2 N–H and O–H groups in total. The van der Waals surface area contributed by atoms with Gasteiger partial charge in [-0.3, -0.25) is 4.90 Å². The summed E-state index contributed by atoms with van der Waals surface area (Å²) in [6.07, 6.45) is 5.48. The van der Waals surface area contributed by atoms with E-state index in [-0.39, 0.29) is 0 Å². The molecule has 0 saturated heterocycles. The van der Waals surface area contributed by atoms with Gasteiger partial charge < -0.3 is 5.73 Å². The van der Waals surface area contributed by atoms with Gasteiger partial charge in [-0.2, -0.15) is 0 Å². The number of rotatable bonds is 5. The van der Waals surface area contributed by atoms with Crippen molar-refractivity contribution in [2.75, 3.05) is 13.1 Å². The van der Waals surface area contributed by atoms with Crippen LogP contribution in [0.2, 0.25) is 0 Å². The second-order valence-electron chi connectivity index (χ2n) is 4.82. The van der Waals surface area contributed by atoms with E-state index in [9.17, 15) is 0 Å². The van der Waals surface area contributed by atoms with E-state index < -0.39 is 0 Å². The lowest BCUT2D eigenvalue weighted by Crippen LogP contribution is -2.36. The first kappa shape index (κ1) is 13.3. The maximum Gasteiger partial charge on any atom is 0.0237 e. The van der Waals surface area contributed by atoms with Crippen molar-refractivity contribution in [1.82, 2.24) is 4.90 Å². The zero-order chi connectivity index (χ0) is 12.1. The predicted molar refractivity (Wildman–Crippen MR) is 80.9 cm³/mol. The first-order valence-electron chi connectivity index (χ1n) is 6.48. The SMILES string of the molecule is NCCN(Cc1ccc(I)cc1)C1CCCC1. The third-order valence-corrected chi connectivity index (χ3v) is 4.28. The fourth-order valence-corrected chi connectivity index (χ4v) is 3.01. The first-order valence-corrected chi connectivity index (χ1v) is 7.56. The number of nitrogens with two attached hydrogens (primary N) is 1. The summed E-state index contributed by atoms with van der Waals surface area (Å²) in [6.45, 7) is 2.84. The molecule has 0 bridgehead atoms. The van der Waals surface area contributed by atoms with Gasteiger partial charge in [0.1, 0.15) is 0 Å². The fraction of sp³-hybridized carbons (Fsp3) is 0.571. The van der Waals surface area contributed by atoms with E-state index in [0.717, 1.165) is 25.7 Å². The van der Waals surface area contributed by atoms with Crippen LogP contribution in [0.3, 0.4) is 0 Å². The van der Waals surface area contributed by atoms with E-state index in [0.29, 0.717) is 0 Å². The smallest absolute Gasteiger partial charge is 0.0237 e. The molecule has 1 aliphatic carbocycles. The predicted octanol–water partition coefficient (Wildman–Crippen LogP) is 2.99. The van der Waals surface area contributed by atoms with Crippen molar-refractivity contribution in [3.05, 3.63) is 33.4 Å². The highest BCUT2D eigenvalue weighted by Gasteiger charge is 2.21. The molecule has 2 nitrogen and oxygen atoms in total. The van der Waals surface area contributed by atoms with E-state index in [2.05, 4.69) is 51.8 Å². The van der Waals surface area contributed by atoms with Gasteiger partial charge in [0.15, 0.2) is 0 Å². The van der Waals surface area contributed by atoms with Crippen molar-refractivity contribution in [1.29, 1.82) is 0 Å². The molecule has 1 aromatic carbocycles. The lowest BCUT2D eigenvalue weighted by Gasteiger charge is -2.28. The van der Waals surface area contributed by atoms with Crippen LogP contribution >= 0.6 is 22.6 Å². The summed E-state index contributed by atoms with van der Waals surface area (Å²) in [5.74, 6) is 0. The highest BCUT2D eigenvalue weighted by atomic mass is 127. The number of nitrogens with zero attached hydrogens (tertiary/aromatic N) is 1. The van der Waals surface area contributed by atoms with Crippen LogP contribution in [0.5, 0.6) is 0 Å². The van der Waals surface area contributed by atoms with Crippen LogP contribution < -0.4 is 5.73 Å². The highest BCUT2D eigenvalue weighted by Crippen LogP contribution is 2.24. The molecule has 1 fully saturated rings. The molecule has 0 radical (unpaired) electrons. The van der Waals surface area contributed by atoms with E-state index >= 15 is 0 Å². The quantitative estimate of drug-likeness (QED) is 0.832. The lowest BCUT2D eigenvalue weighted by atomic mass is 10.1. The lowest BCUT2D eigenvalue weighted by molar-refractivity contribution is 0.195. The highest BCUT2D eigenvalue weighted by molar-refractivity contribution is 14.1. The van der Waals surface area contributed by atoms with Crippen molar-refractivity contribution in [3.63, 3.8) is 0 Å². The normalized spacial score (nSPS) is 16.9. The minimum absolute atomic E-state index is 0.762. The van der Waals surface area contributed by atoms with Gasteiger partial charge in [0, 0.05) is 29.2 Å². The van der Waals surface area contributed by atoms with Crippen LogP contribution in [0.4, 0.5) is 0 Å². The van der Waals surface area contributed by atoms with Gasteiger partial charge in [-0.25, -0.2) is 0 Å². The second-order valence-corrected chi connectivity index (χ2v) is 6.07. The summed E-state index contributed by atoms with van der Waals surface area (Å²) in [4.78, 5) is 2.56. The first-order chi connectivity index (χ1) is 8.29. The number of halogens is 1. The molecule has 1 aromatic rings. The Balaban J connectivity index is 1.98. The monoisotopic (exact) mass is 344 g/mol. The molecule has 0 unspecified atom stereocenters. The molecule has 17 heavy (non-hydrogen) atoms. The largest absolute Gasteiger partial charge is 0.329 e. The third kappa shape index (κ3) is 3.93. The maximum atomic E-state index is 5.73. The molecule has 94 valence electrons. The van der Waals surface area contributed by atoms with Crippen molar-refractivity contribution < 1.29 is 0 Å². The Morgan fingerprint density at radius 3 is 2.41 bits per heavy atom. The maximum absolute atomic E-state index is 5.73. The van der Waals surface area contributed by atoms with Crippen LogP contribution in [-0.4, -0.2) is 24.0 Å². The molecular weight excluding hydrogens is 323 g/mol. The Hall–Kier alpha value is -0.130. The van der Waals surface area contributed by atoms with Crippen molar-refractivity contribution in [2.24, 2.45) is 5.73 Å². The van der Waals surface area contributed by atoms with Crippen LogP contribution in [0, 0.1) is 3.57 Å². The third-order valence-electron chi connectivity index (χ3n) is 3.56. The summed E-state index contributed by atoms with van der Waals surface area (Å²) in [5.41, 5.74) is 7.14. The summed E-state index contributed by atoms with van der Waals surface area (Å²) in [6, 6.07) is 9.61. The van der Waals surface area contributed by atoms with Crippen LogP contribution in [0.1, 0.15) is 31.2 Å². The summed E-state index contributed by atoms with van der Waals surface area (Å²) >= 11 is 2.35. The van der Waals surface area contributed by atoms with Crippen molar-refractivity contribution in [3.8, 4) is 0 Å². The minimum Gasteiger partial charge on any atom is -0.329 e. The molecule has 0 heterocycles. The molecule has 1 saturated carbocycles. The molecule has 0 aliphatic heterocycles. The van der Waals surface area contributed by atoms with Gasteiger partial charge in [-0.15, -0.1) is 0 Å². The molecule has 0 atom stereocenters. The second kappa shape index (κ2) is 6.71. The topological polar surface area (TPSA) is 29.3 Å². The molecular formula is C14H21IN2. The number of hydrogen-bond acceptors (Lipinski definition) is 2. The summed E-state index contributed by atoms with van der Waals surface area (Å²) in [7, 11) is 0. The molecule has 0 aromatic heterocycles. The summed E-state index contributed by atoms with van der Waals surface area (Å²) in [5, 5.41) is 0. The van der Waals surface area contributed by atoms with Crippen molar-refractivity contribution >= 4 is 22.6 Å². The van der Waals surface area contributed by atoms with Gasteiger partial charge in [0.2, 0.25) is 0 Å². The average molecular weight is 344 g/mol. The van der Waals surface area contributed by atoms with E-state index in [4.69, 9.17) is 5.73 Å².